The topological polar surface area (TPSA) is 87.1 Å². The van der Waals surface area contributed by atoms with Crippen LogP contribution in [0.5, 0.6) is 0 Å². The van der Waals surface area contributed by atoms with Gasteiger partial charge in [0, 0.05) is 56.5 Å². The van der Waals surface area contributed by atoms with Gasteiger partial charge in [-0.25, -0.2) is 19.9 Å². The van der Waals surface area contributed by atoms with Crippen LogP contribution in [0, 0.1) is 0 Å². The quantitative estimate of drug-likeness (QED) is 0.904. The summed E-state index contributed by atoms with van der Waals surface area (Å²) in [5.41, 5.74) is 0.380. The van der Waals surface area contributed by atoms with Gasteiger partial charge in [0.15, 0.2) is 0 Å². The Kier molecular flexibility index (Phi) is 4.78. The third kappa shape index (κ3) is 4.40. The SMILES string of the molecule is CC(C)(C)Nc1ncc(C(=O)N2CCN(c3ncccn3)CC2)cn1. The molecule has 1 aliphatic rings. The van der Waals surface area contributed by atoms with Crippen LogP contribution in [0.3, 0.4) is 0 Å². The second-order valence-electron chi connectivity index (χ2n) is 7.00. The van der Waals surface area contributed by atoms with E-state index in [0.29, 0.717) is 43.6 Å². The number of carbonyl (C=O) groups excluding carboxylic acids is 1. The lowest BCUT2D eigenvalue weighted by Gasteiger charge is -2.34. The van der Waals surface area contributed by atoms with Crippen molar-refractivity contribution in [1.29, 1.82) is 0 Å². The molecule has 132 valence electrons. The summed E-state index contributed by atoms with van der Waals surface area (Å²) in [5, 5.41) is 3.18. The number of nitrogens with zero attached hydrogens (tertiary/aromatic N) is 6. The van der Waals surface area contributed by atoms with Crippen molar-refractivity contribution in [3.63, 3.8) is 0 Å². The number of nitrogens with one attached hydrogen (secondary N) is 1. The zero-order valence-corrected chi connectivity index (χ0v) is 14.8. The minimum absolute atomic E-state index is 0.0454. The van der Waals surface area contributed by atoms with Crippen LogP contribution in [0.2, 0.25) is 0 Å². The zero-order chi connectivity index (χ0) is 17.9. The highest BCUT2D eigenvalue weighted by Gasteiger charge is 2.24. The molecule has 1 amide bonds. The second kappa shape index (κ2) is 7.00. The molecule has 2 aromatic heterocycles. The van der Waals surface area contributed by atoms with E-state index in [0.717, 1.165) is 0 Å². The third-order valence-electron chi connectivity index (χ3n) is 3.79. The summed E-state index contributed by atoms with van der Waals surface area (Å²) in [6.07, 6.45) is 6.61. The van der Waals surface area contributed by atoms with Crippen molar-refractivity contribution in [1.82, 2.24) is 24.8 Å². The molecule has 0 aliphatic carbocycles. The first-order valence-corrected chi connectivity index (χ1v) is 8.34. The second-order valence-corrected chi connectivity index (χ2v) is 7.00. The van der Waals surface area contributed by atoms with E-state index in [4.69, 9.17) is 0 Å². The summed E-state index contributed by atoms with van der Waals surface area (Å²) in [5.74, 6) is 1.18. The van der Waals surface area contributed by atoms with Crippen LogP contribution < -0.4 is 10.2 Å². The Hall–Kier alpha value is -2.77. The molecule has 0 spiro atoms. The average molecular weight is 341 g/mol. The molecule has 0 atom stereocenters. The van der Waals surface area contributed by atoms with Gasteiger partial charge in [0.1, 0.15) is 0 Å². The van der Waals surface area contributed by atoms with Gasteiger partial charge in [0.2, 0.25) is 11.9 Å². The van der Waals surface area contributed by atoms with E-state index in [-0.39, 0.29) is 11.4 Å². The summed E-state index contributed by atoms with van der Waals surface area (Å²) in [6.45, 7) is 8.76. The molecule has 1 aliphatic heterocycles. The monoisotopic (exact) mass is 341 g/mol. The van der Waals surface area contributed by atoms with E-state index in [1.165, 1.54) is 0 Å². The molecule has 0 unspecified atom stereocenters. The summed E-state index contributed by atoms with van der Waals surface area (Å²) in [4.78, 5) is 33.5. The van der Waals surface area contributed by atoms with Gasteiger partial charge in [-0.15, -0.1) is 0 Å². The highest BCUT2D eigenvalue weighted by molar-refractivity contribution is 5.93. The van der Waals surface area contributed by atoms with E-state index < -0.39 is 0 Å². The lowest BCUT2D eigenvalue weighted by molar-refractivity contribution is 0.0745. The Bertz CT molecular complexity index is 704. The largest absolute Gasteiger partial charge is 0.350 e. The number of hydrogen-bond acceptors (Lipinski definition) is 7. The standard InChI is InChI=1S/C17H23N7O/c1-17(2,3)22-15-20-11-13(12-21-15)14(25)23-7-9-24(10-8-23)16-18-5-4-6-19-16/h4-6,11-12H,7-10H2,1-3H3,(H,20,21,22). The predicted octanol–water partition coefficient (Wildman–Crippen LogP) is 1.44. The Morgan fingerprint density at radius 2 is 1.60 bits per heavy atom. The van der Waals surface area contributed by atoms with Crippen molar-refractivity contribution >= 4 is 17.8 Å². The van der Waals surface area contributed by atoms with Gasteiger partial charge in [0.05, 0.1) is 5.56 Å². The molecular formula is C17H23N7O. The van der Waals surface area contributed by atoms with E-state index >= 15 is 0 Å². The van der Waals surface area contributed by atoms with Crippen molar-refractivity contribution in [3.05, 3.63) is 36.4 Å². The molecule has 2 aromatic rings. The van der Waals surface area contributed by atoms with Gasteiger partial charge < -0.3 is 15.1 Å². The Morgan fingerprint density at radius 1 is 1.00 bits per heavy atom. The maximum atomic E-state index is 12.6. The normalized spacial score (nSPS) is 15.2. The van der Waals surface area contributed by atoms with E-state index in [9.17, 15) is 4.79 Å². The van der Waals surface area contributed by atoms with Crippen molar-refractivity contribution in [2.75, 3.05) is 36.4 Å². The molecule has 1 N–H and O–H groups in total. The van der Waals surface area contributed by atoms with Crippen molar-refractivity contribution < 1.29 is 4.79 Å². The maximum Gasteiger partial charge on any atom is 0.257 e. The third-order valence-corrected chi connectivity index (χ3v) is 3.79. The summed E-state index contributed by atoms with van der Waals surface area (Å²) in [6, 6.07) is 1.79. The fourth-order valence-electron chi connectivity index (χ4n) is 2.59. The minimum atomic E-state index is -0.124. The molecule has 3 rings (SSSR count). The number of hydrogen-bond donors (Lipinski definition) is 1. The van der Waals surface area contributed by atoms with Crippen LogP contribution in [-0.2, 0) is 0 Å². The molecule has 0 radical (unpaired) electrons. The van der Waals surface area contributed by atoms with E-state index in [1.54, 1.807) is 30.9 Å². The van der Waals surface area contributed by atoms with Gasteiger partial charge in [-0.1, -0.05) is 0 Å². The van der Waals surface area contributed by atoms with Crippen LogP contribution in [0.25, 0.3) is 0 Å². The molecule has 8 nitrogen and oxygen atoms in total. The van der Waals surface area contributed by atoms with Gasteiger partial charge in [-0.3, -0.25) is 4.79 Å². The van der Waals surface area contributed by atoms with Gasteiger partial charge in [-0.2, -0.15) is 0 Å². The zero-order valence-electron chi connectivity index (χ0n) is 14.8. The number of anilines is 2. The number of aromatic nitrogens is 4. The van der Waals surface area contributed by atoms with Gasteiger partial charge >= 0.3 is 0 Å². The molecular weight excluding hydrogens is 318 g/mol. The van der Waals surface area contributed by atoms with Crippen LogP contribution >= 0.6 is 0 Å². The maximum absolute atomic E-state index is 12.6. The molecule has 3 heterocycles. The Morgan fingerprint density at radius 3 is 2.16 bits per heavy atom. The molecule has 0 saturated carbocycles. The first-order valence-electron chi connectivity index (χ1n) is 8.34. The summed E-state index contributed by atoms with van der Waals surface area (Å²) < 4.78 is 0. The van der Waals surface area contributed by atoms with Crippen LogP contribution in [-0.4, -0.2) is 62.5 Å². The van der Waals surface area contributed by atoms with E-state index in [2.05, 4.69) is 30.2 Å². The molecule has 0 bridgehead atoms. The highest BCUT2D eigenvalue weighted by Crippen LogP contribution is 2.13. The summed E-state index contributed by atoms with van der Waals surface area (Å²) >= 11 is 0. The number of carbonyl (C=O) groups is 1. The first kappa shape index (κ1) is 17.1. The van der Waals surface area contributed by atoms with Crippen LogP contribution in [0.1, 0.15) is 31.1 Å². The predicted molar refractivity (Wildman–Crippen MR) is 95.6 cm³/mol. The smallest absolute Gasteiger partial charge is 0.257 e. The van der Waals surface area contributed by atoms with Crippen molar-refractivity contribution in [2.24, 2.45) is 0 Å². The Balaban J connectivity index is 1.59. The fourth-order valence-corrected chi connectivity index (χ4v) is 2.59. The van der Waals surface area contributed by atoms with Crippen molar-refractivity contribution in [3.8, 4) is 0 Å². The molecule has 1 fully saturated rings. The van der Waals surface area contributed by atoms with Crippen molar-refractivity contribution in [2.45, 2.75) is 26.3 Å². The first-order chi connectivity index (χ1) is 11.9. The minimum Gasteiger partial charge on any atom is -0.350 e. The molecule has 1 saturated heterocycles. The van der Waals surface area contributed by atoms with Gasteiger partial charge in [0.25, 0.3) is 5.91 Å². The average Bonchev–Trinajstić information content (AvgIpc) is 2.61. The fraction of sp³-hybridized carbons (Fsp3) is 0.471. The van der Waals surface area contributed by atoms with Crippen LogP contribution in [0.4, 0.5) is 11.9 Å². The highest BCUT2D eigenvalue weighted by atomic mass is 16.2. The lowest BCUT2D eigenvalue weighted by atomic mass is 10.1. The number of piperazine rings is 1. The van der Waals surface area contributed by atoms with E-state index in [1.807, 2.05) is 25.7 Å². The molecule has 25 heavy (non-hydrogen) atoms. The number of rotatable bonds is 3. The lowest BCUT2D eigenvalue weighted by Crippen LogP contribution is -2.49. The van der Waals surface area contributed by atoms with Crippen LogP contribution in [0.15, 0.2) is 30.9 Å². The number of amides is 1. The van der Waals surface area contributed by atoms with Gasteiger partial charge in [-0.05, 0) is 26.8 Å². The summed E-state index contributed by atoms with van der Waals surface area (Å²) in [7, 11) is 0. The molecule has 8 heteroatoms. The Labute approximate surface area is 147 Å². The molecule has 0 aromatic carbocycles.